The second-order valence-corrected chi connectivity index (χ2v) is 6.41. The van der Waals surface area contributed by atoms with Crippen LogP contribution in [0, 0.1) is 18.6 Å². The number of primary amides is 1. The van der Waals surface area contributed by atoms with Crippen molar-refractivity contribution < 1.29 is 13.6 Å². The van der Waals surface area contributed by atoms with Gasteiger partial charge >= 0.3 is 0 Å². The van der Waals surface area contributed by atoms with Crippen LogP contribution in [0.3, 0.4) is 0 Å². The summed E-state index contributed by atoms with van der Waals surface area (Å²) in [6.07, 6.45) is 0. The first-order chi connectivity index (χ1) is 12.5. The van der Waals surface area contributed by atoms with E-state index in [0.29, 0.717) is 5.56 Å². The van der Waals surface area contributed by atoms with E-state index in [1.54, 1.807) is 12.1 Å². The molecule has 130 valence electrons. The number of aromatic nitrogens is 1. The Morgan fingerprint density at radius 1 is 1.04 bits per heavy atom. The van der Waals surface area contributed by atoms with E-state index in [4.69, 9.17) is 5.73 Å². The van der Waals surface area contributed by atoms with Crippen molar-refractivity contribution >= 4 is 27.7 Å². The van der Waals surface area contributed by atoms with E-state index in [2.05, 4.69) is 0 Å². The molecule has 0 radical (unpaired) electrons. The zero-order valence-electron chi connectivity index (χ0n) is 14.1. The monoisotopic (exact) mass is 350 g/mol. The molecule has 0 aliphatic rings. The van der Waals surface area contributed by atoms with Crippen molar-refractivity contribution in [2.24, 2.45) is 5.73 Å². The molecular formula is C21H16F2N2O. The van der Waals surface area contributed by atoms with Crippen LogP contribution in [0.5, 0.6) is 0 Å². The molecule has 3 nitrogen and oxygen atoms in total. The fraction of sp³-hybridized carbons (Fsp3) is 0.0952. The van der Waals surface area contributed by atoms with Crippen molar-refractivity contribution in [2.75, 3.05) is 0 Å². The first-order valence-electron chi connectivity index (χ1n) is 8.21. The van der Waals surface area contributed by atoms with Gasteiger partial charge in [0.05, 0.1) is 12.1 Å². The quantitative estimate of drug-likeness (QED) is 0.580. The van der Waals surface area contributed by atoms with Gasteiger partial charge in [0.25, 0.3) is 0 Å². The summed E-state index contributed by atoms with van der Waals surface area (Å²) in [7, 11) is 0. The number of hydrogen-bond acceptors (Lipinski definition) is 1. The molecule has 1 aromatic heterocycles. The maximum atomic E-state index is 14.2. The van der Waals surface area contributed by atoms with Crippen molar-refractivity contribution in [3.05, 3.63) is 82.9 Å². The molecule has 0 saturated heterocycles. The molecule has 4 rings (SSSR count). The molecule has 1 heterocycles. The predicted octanol–water partition coefficient (Wildman–Crippen LogP) is 4.53. The van der Waals surface area contributed by atoms with Crippen LogP contribution in [0.15, 0.2) is 54.6 Å². The summed E-state index contributed by atoms with van der Waals surface area (Å²) in [5.74, 6) is -1.48. The largest absolute Gasteiger partial charge is 0.366 e. The average molecular weight is 350 g/mol. The topological polar surface area (TPSA) is 48.0 Å². The summed E-state index contributed by atoms with van der Waals surface area (Å²) in [5.41, 5.74) is 8.84. The van der Waals surface area contributed by atoms with Crippen LogP contribution in [-0.2, 0) is 6.54 Å². The number of rotatable bonds is 3. The highest BCUT2D eigenvalue weighted by Crippen LogP contribution is 2.33. The van der Waals surface area contributed by atoms with E-state index in [0.717, 1.165) is 39.5 Å². The molecule has 0 atom stereocenters. The third-order valence-electron chi connectivity index (χ3n) is 4.65. The highest BCUT2D eigenvalue weighted by molar-refractivity contribution is 6.17. The Hall–Kier alpha value is -3.21. The van der Waals surface area contributed by atoms with Crippen molar-refractivity contribution in [3.63, 3.8) is 0 Å². The molecule has 26 heavy (non-hydrogen) atoms. The van der Waals surface area contributed by atoms with Gasteiger partial charge in [-0.3, -0.25) is 4.79 Å². The summed E-state index contributed by atoms with van der Waals surface area (Å²) in [6, 6.07) is 14.5. The van der Waals surface area contributed by atoms with Gasteiger partial charge in [0.2, 0.25) is 5.91 Å². The number of amides is 1. The third-order valence-corrected chi connectivity index (χ3v) is 4.65. The molecule has 0 unspecified atom stereocenters. The molecule has 0 saturated carbocycles. The number of nitrogens with zero attached hydrogens (tertiary/aromatic N) is 1. The zero-order valence-corrected chi connectivity index (χ0v) is 14.1. The molecule has 0 bridgehead atoms. The number of benzene rings is 3. The van der Waals surface area contributed by atoms with E-state index in [9.17, 15) is 13.6 Å². The van der Waals surface area contributed by atoms with Gasteiger partial charge in [0.1, 0.15) is 11.6 Å². The smallest absolute Gasteiger partial charge is 0.249 e. The van der Waals surface area contributed by atoms with Gasteiger partial charge in [-0.15, -0.1) is 0 Å². The minimum absolute atomic E-state index is 0.148. The van der Waals surface area contributed by atoms with E-state index in [1.807, 2.05) is 35.8 Å². The number of aryl methyl sites for hydroxylation is 1. The lowest BCUT2D eigenvalue weighted by Crippen LogP contribution is -2.11. The maximum Gasteiger partial charge on any atom is 0.249 e. The minimum atomic E-state index is -0.521. The molecule has 0 spiro atoms. The highest BCUT2D eigenvalue weighted by atomic mass is 19.1. The molecule has 0 aliphatic carbocycles. The lowest BCUT2D eigenvalue weighted by atomic mass is 10.1. The van der Waals surface area contributed by atoms with Crippen molar-refractivity contribution in [1.82, 2.24) is 4.57 Å². The minimum Gasteiger partial charge on any atom is -0.366 e. The average Bonchev–Trinajstić information content (AvgIpc) is 2.91. The Labute approximate surface area is 148 Å². The van der Waals surface area contributed by atoms with E-state index in [-0.39, 0.29) is 12.1 Å². The molecule has 3 aromatic carbocycles. The van der Waals surface area contributed by atoms with Crippen LogP contribution in [0.4, 0.5) is 8.78 Å². The fourth-order valence-electron chi connectivity index (χ4n) is 3.46. The van der Waals surface area contributed by atoms with Crippen LogP contribution in [-0.4, -0.2) is 10.5 Å². The lowest BCUT2D eigenvalue weighted by Gasteiger charge is -2.09. The van der Waals surface area contributed by atoms with Crippen LogP contribution >= 0.6 is 0 Å². The molecule has 4 aromatic rings. The SMILES string of the molecule is Cc1ccc2c3c(C(N)=O)cccc3n(Cc3cc(F)ccc3F)c2c1. The summed E-state index contributed by atoms with van der Waals surface area (Å²) in [6.45, 7) is 2.11. The van der Waals surface area contributed by atoms with Gasteiger partial charge in [-0.05, 0) is 48.9 Å². The van der Waals surface area contributed by atoms with Crippen molar-refractivity contribution in [1.29, 1.82) is 0 Å². The van der Waals surface area contributed by atoms with E-state index < -0.39 is 17.5 Å². The standard InChI is InChI=1S/C21H16F2N2O/c1-12-5-7-15-19(9-12)25(11-13-10-14(22)6-8-17(13)23)18-4-2-3-16(20(15)18)21(24)26/h2-10H,11H2,1H3,(H2,24,26). The molecule has 1 amide bonds. The van der Waals surface area contributed by atoms with Gasteiger partial charge in [-0.2, -0.15) is 0 Å². The Kier molecular flexibility index (Phi) is 3.72. The number of hydrogen-bond donors (Lipinski definition) is 1. The molecule has 5 heteroatoms. The van der Waals surface area contributed by atoms with Gasteiger partial charge < -0.3 is 10.3 Å². The zero-order chi connectivity index (χ0) is 18.4. The number of fused-ring (bicyclic) bond motifs is 3. The van der Waals surface area contributed by atoms with Crippen molar-refractivity contribution in [3.8, 4) is 0 Å². The first-order valence-corrected chi connectivity index (χ1v) is 8.21. The summed E-state index contributed by atoms with van der Waals surface area (Å²) < 4.78 is 29.7. The summed E-state index contributed by atoms with van der Waals surface area (Å²) in [4.78, 5) is 11.9. The number of carbonyl (C=O) groups is 1. The Bertz CT molecular complexity index is 1180. The summed E-state index contributed by atoms with van der Waals surface area (Å²) in [5, 5.41) is 1.59. The third kappa shape index (κ3) is 2.52. The van der Waals surface area contributed by atoms with Crippen LogP contribution in [0.2, 0.25) is 0 Å². The second kappa shape index (κ2) is 5.95. The second-order valence-electron chi connectivity index (χ2n) is 6.41. The number of halogens is 2. The molecule has 0 fully saturated rings. The van der Waals surface area contributed by atoms with Gasteiger partial charge in [-0.25, -0.2) is 8.78 Å². The van der Waals surface area contributed by atoms with Crippen molar-refractivity contribution in [2.45, 2.75) is 13.5 Å². The van der Waals surface area contributed by atoms with Crippen LogP contribution in [0.1, 0.15) is 21.5 Å². The molecular weight excluding hydrogens is 334 g/mol. The highest BCUT2D eigenvalue weighted by Gasteiger charge is 2.17. The normalized spacial score (nSPS) is 11.3. The number of nitrogens with two attached hydrogens (primary N) is 1. The fourth-order valence-corrected chi connectivity index (χ4v) is 3.46. The number of carbonyl (C=O) groups excluding carboxylic acids is 1. The molecule has 0 aliphatic heterocycles. The first kappa shape index (κ1) is 16.3. The lowest BCUT2D eigenvalue weighted by molar-refractivity contribution is 0.100. The van der Waals surface area contributed by atoms with Gasteiger partial charge in [0.15, 0.2) is 0 Å². The van der Waals surface area contributed by atoms with Gasteiger partial charge in [-0.1, -0.05) is 18.2 Å². The maximum absolute atomic E-state index is 14.2. The predicted molar refractivity (Wildman–Crippen MR) is 98.2 cm³/mol. The Morgan fingerprint density at radius 2 is 1.85 bits per heavy atom. The van der Waals surface area contributed by atoms with Crippen LogP contribution < -0.4 is 5.73 Å². The van der Waals surface area contributed by atoms with Crippen LogP contribution in [0.25, 0.3) is 21.8 Å². The Balaban J connectivity index is 2.06. The summed E-state index contributed by atoms with van der Waals surface area (Å²) >= 11 is 0. The van der Waals surface area contributed by atoms with E-state index >= 15 is 0 Å². The van der Waals surface area contributed by atoms with Gasteiger partial charge in [0, 0.05) is 27.4 Å². The van der Waals surface area contributed by atoms with E-state index in [1.165, 1.54) is 6.07 Å². The molecule has 2 N–H and O–H groups in total. The Morgan fingerprint density at radius 3 is 2.62 bits per heavy atom.